The van der Waals surface area contributed by atoms with Gasteiger partial charge in [-0.25, -0.2) is 0 Å². The highest BCUT2D eigenvalue weighted by atomic mass is 16.6. The van der Waals surface area contributed by atoms with Gasteiger partial charge in [0, 0.05) is 11.4 Å². The van der Waals surface area contributed by atoms with Gasteiger partial charge in [0.1, 0.15) is 5.60 Å². The van der Waals surface area contributed by atoms with E-state index in [4.69, 9.17) is 4.74 Å². The lowest BCUT2D eigenvalue weighted by molar-refractivity contribution is -0.153. The summed E-state index contributed by atoms with van der Waals surface area (Å²) in [6.45, 7) is 9.82. The van der Waals surface area contributed by atoms with Crippen molar-refractivity contribution in [2.24, 2.45) is 0 Å². The normalized spacial score (nSPS) is 12.1. The summed E-state index contributed by atoms with van der Waals surface area (Å²) < 4.78 is 7.32. The van der Waals surface area contributed by atoms with Crippen LogP contribution in [0.1, 0.15) is 46.2 Å². The van der Waals surface area contributed by atoms with E-state index in [-0.39, 0.29) is 5.97 Å². The number of ether oxygens (including phenoxy) is 1. The highest BCUT2D eigenvalue weighted by Crippen LogP contribution is 2.20. The Morgan fingerprint density at radius 3 is 2.65 bits per heavy atom. The molecule has 20 heavy (non-hydrogen) atoms. The van der Waals surface area contributed by atoms with Gasteiger partial charge in [0.2, 0.25) is 0 Å². The molecule has 0 saturated carbocycles. The van der Waals surface area contributed by atoms with Crippen LogP contribution in [0.2, 0.25) is 0 Å². The molecule has 0 saturated heterocycles. The summed E-state index contributed by atoms with van der Waals surface area (Å²) in [7, 11) is 0. The minimum atomic E-state index is -0.441. The Kier molecular flexibility index (Phi) is 3.84. The highest BCUT2D eigenvalue weighted by molar-refractivity contribution is 5.81. The van der Waals surface area contributed by atoms with Gasteiger partial charge in [0.15, 0.2) is 0 Å². The zero-order chi connectivity index (χ0) is 14.9. The first-order chi connectivity index (χ1) is 9.26. The molecular formula is C16H22N2O2. The first-order valence-electron chi connectivity index (χ1n) is 6.94. The SMILES string of the molecule is CC(C)n1ncc2cc(CC(=O)OC(C)(C)C)ccc21. The summed E-state index contributed by atoms with van der Waals surface area (Å²) >= 11 is 0. The average molecular weight is 274 g/mol. The van der Waals surface area contributed by atoms with Crippen LogP contribution in [0.5, 0.6) is 0 Å². The van der Waals surface area contributed by atoms with E-state index >= 15 is 0 Å². The third kappa shape index (κ3) is 3.38. The van der Waals surface area contributed by atoms with Crippen molar-refractivity contribution in [1.82, 2.24) is 9.78 Å². The topological polar surface area (TPSA) is 44.1 Å². The number of hydrogen-bond acceptors (Lipinski definition) is 3. The molecule has 0 spiro atoms. The van der Waals surface area contributed by atoms with Crippen molar-refractivity contribution in [2.45, 2.75) is 52.7 Å². The molecule has 0 fully saturated rings. The Bertz CT molecular complexity index is 621. The zero-order valence-corrected chi connectivity index (χ0v) is 12.8. The lowest BCUT2D eigenvalue weighted by Crippen LogP contribution is -2.24. The number of carbonyl (C=O) groups excluding carboxylic acids is 1. The van der Waals surface area contributed by atoms with Crippen molar-refractivity contribution < 1.29 is 9.53 Å². The van der Waals surface area contributed by atoms with E-state index in [0.29, 0.717) is 12.5 Å². The molecule has 2 rings (SSSR count). The van der Waals surface area contributed by atoms with Crippen LogP contribution in [0.25, 0.3) is 10.9 Å². The summed E-state index contributed by atoms with van der Waals surface area (Å²) in [4.78, 5) is 11.8. The third-order valence-corrected chi connectivity index (χ3v) is 2.92. The quantitative estimate of drug-likeness (QED) is 0.805. The van der Waals surface area contributed by atoms with E-state index < -0.39 is 5.60 Å². The second-order valence-corrected chi connectivity index (χ2v) is 6.34. The number of benzene rings is 1. The van der Waals surface area contributed by atoms with Gasteiger partial charge in [-0.1, -0.05) is 6.07 Å². The van der Waals surface area contributed by atoms with Gasteiger partial charge in [-0.15, -0.1) is 0 Å². The molecule has 0 amide bonds. The van der Waals surface area contributed by atoms with Gasteiger partial charge in [0.05, 0.1) is 18.1 Å². The van der Waals surface area contributed by atoms with E-state index in [2.05, 4.69) is 18.9 Å². The molecule has 0 aliphatic rings. The number of carbonyl (C=O) groups is 1. The first kappa shape index (κ1) is 14.6. The predicted octanol–water partition coefficient (Wildman–Crippen LogP) is 3.50. The van der Waals surface area contributed by atoms with Crippen molar-refractivity contribution in [1.29, 1.82) is 0 Å². The van der Waals surface area contributed by atoms with Gasteiger partial charge in [0.25, 0.3) is 0 Å². The van der Waals surface area contributed by atoms with Crippen molar-refractivity contribution in [3.05, 3.63) is 30.0 Å². The van der Waals surface area contributed by atoms with Gasteiger partial charge in [-0.2, -0.15) is 5.10 Å². The summed E-state index contributed by atoms with van der Waals surface area (Å²) in [6, 6.07) is 6.31. The smallest absolute Gasteiger partial charge is 0.310 e. The number of hydrogen-bond donors (Lipinski definition) is 0. The Hall–Kier alpha value is -1.84. The van der Waals surface area contributed by atoms with Crippen molar-refractivity contribution >= 4 is 16.9 Å². The third-order valence-electron chi connectivity index (χ3n) is 2.92. The van der Waals surface area contributed by atoms with Crippen LogP contribution in [-0.4, -0.2) is 21.4 Å². The van der Waals surface area contributed by atoms with Gasteiger partial charge in [-0.05, 0) is 52.3 Å². The number of nitrogens with zero attached hydrogens (tertiary/aromatic N) is 2. The second kappa shape index (κ2) is 5.27. The summed E-state index contributed by atoms with van der Waals surface area (Å²) in [5.41, 5.74) is 1.60. The molecule has 108 valence electrons. The minimum Gasteiger partial charge on any atom is -0.460 e. The largest absolute Gasteiger partial charge is 0.460 e. The molecule has 0 aliphatic heterocycles. The van der Waals surface area contributed by atoms with E-state index in [1.165, 1.54) is 0 Å². The molecule has 4 heteroatoms. The molecule has 0 bridgehead atoms. The van der Waals surface area contributed by atoms with Crippen LogP contribution < -0.4 is 0 Å². The van der Waals surface area contributed by atoms with Crippen LogP contribution >= 0.6 is 0 Å². The molecule has 0 atom stereocenters. The lowest BCUT2D eigenvalue weighted by atomic mass is 10.1. The summed E-state index contributed by atoms with van der Waals surface area (Å²) in [6.07, 6.45) is 2.13. The fourth-order valence-corrected chi connectivity index (χ4v) is 2.17. The summed E-state index contributed by atoms with van der Waals surface area (Å²) in [5.74, 6) is -0.201. The van der Waals surface area contributed by atoms with Crippen LogP contribution in [0.3, 0.4) is 0 Å². The molecule has 0 aliphatic carbocycles. The Morgan fingerprint density at radius 1 is 1.35 bits per heavy atom. The molecule has 0 unspecified atom stereocenters. The standard InChI is InChI=1S/C16H22N2O2/c1-11(2)18-14-7-6-12(8-13(14)10-17-18)9-15(19)20-16(3,4)5/h6-8,10-11H,9H2,1-5H3. The Labute approximate surface area is 119 Å². The number of aromatic nitrogens is 2. The van der Waals surface area contributed by atoms with Crippen molar-refractivity contribution in [2.75, 3.05) is 0 Å². The highest BCUT2D eigenvalue weighted by Gasteiger charge is 2.17. The van der Waals surface area contributed by atoms with Crippen LogP contribution in [-0.2, 0) is 16.0 Å². The molecule has 1 heterocycles. The number of esters is 1. The van der Waals surface area contributed by atoms with Crippen molar-refractivity contribution in [3.8, 4) is 0 Å². The van der Waals surface area contributed by atoms with E-state index in [9.17, 15) is 4.79 Å². The number of fused-ring (bicyclic) bond motifs is 1. The van der Waals surface area contributed by atoms with Gasteiger partial charge in [-0.3, -0.25) is 9.48 Å². The molecule has 2 aromatic rings. The van der Waals surface area contributed by atoms with Crippen molar-refractivity contribution in [3.63, 3.8) is 0 Å². The zero-order valence-electron chi connectivity index (χ0n) is 12.8. The van der Waals surface area contributed by atoms with Gasteiger partial charge >= 0.3 is 5.97 Å². The Balaban J connectivity index is 2.19. The molecule has 4 nitrogen and oxygen atoms in total. The summed E-state index contributed by atoms with van der Waals surface area (Å²) in [5, 5.41) is 5.43. The fourth-order valence-electron chi connectivity index (χ4n) is 2.17. The second-order valence-electron chi connectivity index (χ2n) is 6.34. The maximum Gasteiger partial charge on any atom is 0.310 e. The molecule has 1 aromatic carbocycles. The van der Waals surface area contributed by atoms with Crippen LogP contribution in [0.15, 0.2) is 24.4 Å². The Morgan fingerprint density at radius 2 is 2.05 bits per heavy atom. The first-order valence-corrected chi connectivity index (χ1v) is 6.94. The average Bonchev–Trinajstić information content (AvgIpc) is 2.68. The minimum absolute atomic E-state index is 0.201. The molecule has 0 radical (unpaired) electrons. The van der Waals surface area contributed by atoms with E-state index in [0.717, 1.165) is 16.5 Å². The monoisotopic (exact) mass is 274 g/mol. The maximum atomic E-state index is 11.8. The van der Waals surface area contributed by atoms with Gasteiger partial charge < -0.3 is 4.74 Å². The van der Waals surface area contributed by atoms with E-state index in [1.54, 1.807) is 0 Å². The maximum absolute atomic E-state index is 11.8. The molecular weight excluding hydrogens is 252 g/mol. The predicted molar refractivity (Wildman–Crippen MR) is 79.7 cm³/mol. The van der Waals surface area contributed by atoms with Crippen LogP contribution in [0.4, 0.5) is 0 Å². The van der Waals surface area contributed by atoms with E-state index in [1.807, 2.05) is 49.8 Å². The fraction of sp³-hybridized carbons (Fsp3) is 0.500. The lowest BCUT2D eigenvalue weighted by Gasteiger charge is -2.19. The van der Waals surface area contributed by atoms with Crippen LogP contribution in [0, 0.1) is 0 Å². The molecule has 1 aromatic heterocycles. The number of rotatable bonds is 3. The molecule has 0 N–H and O–H groups in total.